The molecule has 0 aromatic heterocycles. The van der Waals surface area contributed by atoms with Crippen LogP contribution in [0.4, 0.5) is 24.5 Å². The van der Waals surface area contributed by atoms with Gasteiger partial charge in [0.1, 0.15) is 17.8 Å². The zero-order chi connectivity index (χ0) is 25.8. The molecule has 2 aliphatic rings. The van der Waals surface area contributed by atoms with Gasteiger partial charge in [-0.15, -0.1) is 0 Å². The normalized spacial score (nSPS) is 20.1. The van der Waals surface area contributed by atoms with Gasteiger partial charge in [-0.3, -0.25) is 9.79 Å². The van der Waals surface area contributed by atoms with Crippen molar-refractivity contribution in [1.29, 1.82) is 0 Å². The van der Waals surface area contributed by atoms with Crippen LogP contribution >= 0.6 is 0 Å². The smallest absolute Gasteiger partial charge is 0.416 e. The SMILES string of the molecule is C=Nc1ccc(C(F)(F)F)cc1NCC1CCCC(NC)C1.COC1=CC(C=O)=CCC(OC)=C1. The van der Waals surface area contributed by atoms with Gasteiger partial charge in [-0.1, -0.05) is 12.5 Å². The maximum atomic E-state index is 12.8. The van der Waals surface area contributed by atoms with Gasteiger partial charge in [0, 0.05) is 30.7 Å². The monoisotopic (exact) mass is 493 g/mol. The molecular weight excluding hydrogens is 459 g/mol. The number of ether oxygens (including phenoxy) is 2. The number of anilines is 1. The van der Waals surface area contributed by atoms with Crippen LogP contribution in [-0.2, 0) is 20.4 Å². The fourth-order valence-electron chi connectivity index (χ4n) is 4.03. The second kappa shape index (κ2) is 13.7. The number of carbonyl (C=O) groups excluding carboxylic acids is 1. The van der Waals surface area contributed by atoms with E-state index in [1.807, 2.05) is 7.05 Å². The molecule has 2 aliphatic carbocycles. The molecule has 0 radical (unpaired) electrons. The molecule has 0 spiro atoms. The van der Waals surface area contributed by atoms with E-state index in [0.717, 1.165) is 49.9 Å². The molecule has 0 bridgehead atoms. The molecule has 0 aliphatic heterocycles. The van der Waals surface area contributed by atoms with Gasteiger partial charge in [-0.05, 0) is 63.2 Å². The van der Waals surface area contributed by atoms with E-state index in [1.54, 1.807) is 32.4 Å². The van der Waals surface area contributed by atoms with Gasteiger partial charge in [0.15, 0.2) is 0 Å². The Balaban J connectivity index is 0.000000283. The van der Waals surface area contributed by atoms with E-state index in [0.29, 0.717) is 47.6 Å². The number of aldehydes is 1. The second-order valence-corrected chi connectivity index (χ2v) is 8.38. The number of carbonyl (C=O) groups is 1. The Bertz CT molecular complexity index is 955. The fraction of sp³-hybridized carbons (Fsp3) is 0.462. The van der Waals surface area contributed by atoms with Crippen LogP contribution < -0.4 is 10.6 Å². The minimum atomic E-state index is -4.35. The van der Waals surface area contributed by atoms with Crippen LogP contribution in [0.2, 0.25) is 0 Å². The van der Waals surface area contributed by atoms with E-state index in [-0.39, 0.29) is 0 Å². The van der Waals surface area contributed by atoms with E-state index >= 15 is 0 Å². The molecule has 35 heavy (non-hydrogen) atoms. The van der Waals surface area contributed by atoms with Crippen molar-refractivity contribution in [2.24, 2.45) is 10.9 Å². The number of aliphatic imine (C=N–C) groups is 1. The molecule has 1 aromatic carbocycles. The van der Waals surface area contributed by atoms with Crippen molar-refractivity contribution in [3.05, 3.63) is 59.1 Å². The molecule has 6 nitrogen and oxygen atoms in total. The lowest BCUT2D eigenvalue weighted by Gasteiger charge is -2.29. The van der Waals surface area contributed by atoms with Crippen LogP contribution in [0, 0.1) is 5.92 Å². The molecule has 2 atom stereocenters. The molecule has 0 saturated heterocycles. The van der Waals surface area contributed by atoms with Crippen molar-refractivity contribution in [2.75, 3.05) is 33.1 Å². The van der Waals surface area contributed by atoms with Crippen LogP contribution in [-0.4, -0.2) is 46.9 Å². The third-order valence-corrected chi connectivity index (χ3v) is 6.05. The zero-order valence-electron chi connectivity index (χ0n) is 20.5. The minimum absolute atomic E-state index is 0.399. The number of hydrogen-bond donors (Lipinski definition) is 2. The topological polar surface area (TPSA) is 72.0 Å². The van der Waals surface area contributed by atoms with Gasteiger partial charge in [0.05, 0.1) is 31.2 Å². The number of halogens is 3. The van der Waals surface area contributed by atoms with Gasteiger partial charge >= 0.3 is 6.18 Å². The Kier molecular flexibility index (Phi) is 11.0. The summed E-state index contributed by atoms with van der Waals surface area (Å²) in [5.74, 6) is 1.87. The Morgan fingerprint density at radius 2 is 1.97 bits per heavy atom. The number of methoxy groups -OCH3 is 2. The number of benzene rings is 1. The van der Waals surface area contributed by atoms with Crippen molar-refractivity contribution in [1.82, 2.24) is 5.32 Å². The molecule has 1 aromatic rings. The summed E-state index contributed by atoms with van der Waals surface area (Å²) in [4.78, 5) is 14.3. The molecule has 2 unspecified atom stereocenters. The Morgan fingerprint density at radius 3 is 2.57 bits per heavy atom. The lowest BCUT2D eigenvalue weighted by molar-refractivity contribution is -0.137. The lowest BCUT2D eigenvalue weighted by atomic mass is 9.85. The summed E-state index contributed by atoms with van der Waals surface area (Å²) in [6, 6.07) is 4.00. The quantitative estimate of drug-likeness (QED) is 0.354. The summed E-state index contributed by atoms with van der Waals surface area (Å²) in [5, 5.41) is 6.41. The van der Waals surface area contributed by atoms with Crippen molar-refractivity contribution < 1.29 is 27.4 Å². The molecule has 0 amide bonds. The average molecular weight is 494 g/mol. The van der Waals surface area contributed by atoms with Crippen LogP contribution in [0.25, 0.3) is 0 Å². The van der Waals surface area contributed by atoms with Gasteiger partial charge < -0.3 is 20.1 Å². The largest absolute Gasteiger partial charge is 0.501 e. The van der Waals surface area contributed by atoms with Crippen LogP contribution in [0.15, 0.2) is 58.5 Å². The fourth-order valence-corrected chi connectivity index (χ4v) is 4.03. The van der Waals surface area contributed by atoms with E-state index in [9.17, 15) is 18.0 Å². The van der Waals surface area contributed by atoms with E-state index in [2.05, 4.69) is 22.3 Å². The van der Waals surface area contributed by atoms with Crippen LogP contribution in [0.5, 0.6) is 0 Å². The highest BCUT2D eigenvalue weighted by Gasteiger charge is 2.31. The number of alkyl halides is 3. The van der Waals surface area contributed by atoms with Crippen LogP contribution in [0.1, 0.15) is 37.7 Å². The Hall–Kier alpha value is -3.07. The number of allylic oxidation sites excluding steroid dienone is 4. The minimum Gasteiger partial charge on any atom is -0.501 e. The predicted octanol–water partition coefficient (Wildman–Crippen LogP) is 5.80. The molecule has 1 fully saturated rings. The molecule has 3 rings (SSSR count). The maximum Gasteiger partial charge on any atom is 0.416 e. The Morgan fingerprint density at radius 1 is 1.20 bits per heavy atom. The lowest BCUT2D eigenvalue weighted by Crippen LogP contribution is -2.33. The van der Waals surface area contributed by atoms with Crippen molar-refractivity contribution in [2.45, 2.75) is 44.3 Å². The second-order valence-electron chi connectivity index (χ2n) is 8.38. The average Bonchev–Trinajstić information content (AvgIpc) is 3.09. The summed E-state index contributed by atoms with van der Waals surface area (Å²) in [6.45, 7) is 4.08. The predicted molar refractivity (Wildman–Crippen MR) is 133 cm³/mol. The number of nitrogens with one attached hydrogen (secondary N) is 2. The highest BCUT2D eigenvalue weighted by molar-refractivity contribution is 5.78. The first-order chi connectivity index (χ1) is 16.7. The summed E-state index contributed by atoms with van der Waals surface area (Å²) in [7, 11) is 5.11. The third-order valence-electron chi connectivity index (χ3n) is 6.05. The molecule has 9 heteroatoms. The maximum absolute atomic E-state index is 12.8. The van der Waals surface area contributed by atoms with E-state index in [4.69, 9.17) is 9.47 Å². The number of hydrogen-bond acceptors (Lipinski definition) is 6. The number of nitrogens with zero attached hydrogens (tertiary/aromatic N) is 1. The first-order valence-electron chi connectivity index (χ1n) is 11.5. The Labute approximate surface area is 205 Å². The first-order valence-corrected chi connectivity index (χ1v) is 11.5. The third kappa shape index (κ3) is 8.90. The zero-order valence-corrected chi connectivity index (χ0v) is 20.5. The summed E-state index contributed by atoms with van der Waals surface area (Å²) < 4.78 is 48.6. The molecule has 0 heterocycles. The summed E-state index contributed by atoms with van der Waals surface area (Å²) in [5.41, 5.74) is 0.796. The molecular formula is C26H34F3N3O3. The van der Waals surface area contributed by atoms with Crippen molar-refractivity contribution >= 4 is 24.4 Å². The summed E-state index contributed by atoms with van der Waals surface area (Å²) in [6.07, 6.45) is 6.77. The van der Waals surface area contributed by atoms with Gasteiger partial charge in [0.25, 0.3) is 0 Å². The summed E-state index contributed by atoms with van der Waals surface area (Å²) >= 11 is 0. The highest BCUT2D eigenvalue weighted by Crippen LogP contribution is 2.35. The van der Waals surface area contributed by atoms with Gasteiger partial charge in [0.2, 0.25) is 0 Å². The molecule has 2 N–H and O–H groups in total. The van der Waals surface area contributed by atoms with Gasteiger partial charge in [-0.2, -0.15) is 13.2 Å². The molecule has 192 valence electrons. The van der Waals surface area contributed by atoms with Crippen LogP contribution in [0.3, 0.4) is 0 Å². The van der Waals surface area contributed by atoms with Crippen molar-refractivity contribution in [3.63, 3.8) is 0 Å². The van der Waals surface area contributed by atoms with E-state index in [1.165, 1.54) is 6.07 Å². The molecule has 1 saturated carbocycles. The highest BCUT2D eigenvalue weighted by atomic mass is 19.4. The standard InChI is InChI=1S/C16H22F3N3.C10H12O3/c1-20-13-5-3-4-11(8-13)10-22-15-9-12(16(17,18)19)6-7-14(15)21-2;1-12-9-4-3-8(7-11)5-10(6-9)13-2/h6-7,9,11,13,20,22H,2-5,8,10H2,1H3;3,5-7H,4H2,1-2H3. The first kappa shape index (κ1) is 28.2. The van der Waals surface area contributed by atoms with Crippen molar-refractivity contribution in [3.8, 4) is 0 Å². The van der Waals surface area contributed by atoms with E-state index < -0.39 is 11.7 Å². The van der Waals surface area contributed by atoms with Gasteiger partial charge in [-0.25, -0.2) is 0 Å². The number of rotatable bonds is 8.